The topological polar surface area (TPSA) is 51.5 Å². The van der Waals surface area contributed by atoms with Gasteiger partial charge in [-0.05, 0) is 43.7 Å². The molecule has 0 aliphatic carbocycles. The van der Waals surface area contributed by atoms with Gasteiger partial charge in [-0.3, -0.25) is 4.79 Å². The number of furan rings is 1. The van der Waals surface area contributed by atoms with E-state index in [1.807, 2.05) is 19.9 Å². The number of hydrogen-bond acceptors (Lipinski definition) is 3. The maximum atomic E-state index is 13.1. The summed E-state index contributed by atoms with van der Waals surface area (Å²) in [6.07, 6.45) is 2.13. The van der Waals surface area contributed by atoms with Gasteiger partial charge in [-0.2, -0.15) is 0 Å². The lowest BCUT2D eigenvalue weighted by Crippen LogP contribution is -2.33. The molecule has 0 saturated heterocycles. The van der Waals surface area contributed by atoms with E-state index >= 15 is 0 Å². The predicted octanol–water partition coefficient (Wildman–Crippen LogP) is 3.29. The van der Waals surface area contributed by atoms with E-state index < -0.39 is 5.92 Å². The highest BCUT2D eigenvalue weighted by Crippen LogP contribution is 2.22. The summed E-state index contributed by atoms with van der Waals surface area (Å²) in [5.74, 6) is -0.162. The summed E-state index contributed by atoms with van der Waals surface area (Å²) >= 11 is 0. The highest BCUT2D eigenvalue weighted by Gasteiger charge is 2.22. The third-order valence-electron chi connectivity index (χ3n) is 3.43. The van der Waals surface area contributed by atoms with E-state index in [2.05, 4.69) is 5.32 Å². The van der Waals surface area contributed by atoms with Gasteiger partial charge < -0.3 is 14.5 Å². The van der Waals surface area contributed by atoms with Crippen LogP contribution in [0.25, 0.3) is 0 Å². The van der Waals surface area contributed by atoms with Gasteiger partial charge in [0, 0.05) is 13.0 Å². The summed E-state index contributed by atoms with van der Waals surface area (Å²) in [6, 6.07) is 9.59. The number of carbonyl (C=O) groups excluding carboxylic acids is 1. The van der Waals surface area contributed by atoms with Crippen molar-refractivity contribution in [3.8, 4) is 0 Å². The fourth-order valence-electron chi connectivity index (χ4n) is 2.28. The van der Waals surface area contributed by atoms with E-state index in [9.17, 15) is 9.18 Å². The Hall–Kier alpha value is -2.14. The Labute approximate surface area is 135 Å². The van der Waals surface area contributed by atoms with E-state index in [-0.39, 0.29) is 17.8 Å². The van der Waals surface area contributed by atoms with Crippen LogP contribution in [0.3, 0.4) is 0 Å². The molecule has 0 aliphatic heterocycles. The van der Waals surface area contributed by atoms with Crippen LogP contribution in [0, 0.1) is 5.82 Å². The third-order valence-corrected chi connectivity index (χ3v) is 3.43. The fourth-order valence-corrected chi connectivity index (χ4v) is 2.28. The molecule has 0 aliphatic rings. The summed E-state index contributed by atoms with van der Waals surface area (Å²) < 4.78 is 23.9. The zero-order valence-corrected chi connectivity index (χ0v) is 13.4. The molecule has 2 aromatic rings. The SMILES string of the molecule is CC(C)OCCNC(=O)C(Cc1ccco1)c1ccc(F)cc1. The van der Waals surface area contributed by atoms with Gasteiger partial charge in [0.2, 0.25) is 5.91 Å². The molecule has 0 bridgehead atoms. The van der Waals surface area contributed by atoms with E-state index in [0.717, 1.165) is 5.56 Å². The zero-order valence-electron chi connectivity index (χ0n) is 13.4. The first-order valence-corrected chi connectivity index (χ1v) is 7.73. The molecule has 1 N–H and O–H groups in total. The maximum Gasteiger partial charge on any atom is 0.228 e. The number of hydrogen-bond donors (Lipinski definition) is 1. The highest BCUT2D eigenvalue weighted by atomic mass is 19.1. The highest BCUT2D eigenvalue weighted by molar-refractivity contribution is 5.83. The number of benzene rings is 1. The Bertz CT molecular complexity index is 593. The Balaban J connectivity index is 2.03. The lowest BCUT2D eigenvalue weighted by atomic mass is 9.93. The van der Waals surface area contributed by atoms with E-state index in [1.54, 1.807) is 24.5 Å². The van der Waals surface area contributed by atoms with E-state index in [0.29, 0.717) is 25.3 Å². The second-order valence-electron chi connectivity index (χ2n) is 5.60. The first-order valence-electron chi connectivity index (χ1n) is 7.73. The molecule has 1 unspecified atom stereocenters. The molecular weight excluding hydrogens is 297 g/mol. The summed E-state index contributed by atoms with van der Waals surface area (Å²) in [7, 11) is 0. The zero-order chi connectivity index (χ0) is 16.7. The van der Waals surface area contributed by atoms with Gasteiger partial charge >= 0.3 is 0 Å². The molecule has 1 atom stereocenters. The number of halogens is 1. The number of carbonyl (C=O) groups is 1. The lowest BCUT2D eigenvalue weighted by molar-refractivity contribution is -0.123. The molecule has 1 aromatic heterocycles. The Kier molecular flexibility index (Phi) is 6.35. The van der Waals surface area contributed by atoms with Gasteiger partial charge in [-0.25, -0.2) is 4.39 Å². The normalized spacial score (nSPS) is 12.3. The molecule has 23 heavy (non-hydrogen) atoms. The van der Waals surface area contributed by atoms with Gasteiger partial charge in [-0.15, -0.1) is 0 Å². The summed E-state index contributed by atoms with van der Waals surface area (Å²) in [4.78, 5) is 12.5. The Morgan fingerprint density at radius 3 is 2.61 bits per heavy atom. The average Bonchev–Trinajstić information content (AvgIpc) is 3.03. The quantitative estimate of drug-likeness (QED) is 0.760. The van der Waals surface area contributed by atoms with Crippen molar-refractivity contribution in [1.29, 1.82) is 0 Å². The Morgan fingerprint density at radius 2 is 2.00 bits per heavy atom. The molecular formula is C18H22FNO3. The van der Waals surface area contributed by atoms with Crippen LogP contribution in [0.4, 0.5) is 4.39 Å². The van der Waals surface area contributed by atoms with Crippen LogP contribution in [0.1, 0.15) is 31.1 Å². The van der Waals surface area contributed by atoms with Crippen LogP contribution in [-0.4, -0.2) is 25.2 Å². The van der Waals surface area contributed by atoms with Crippen molar-refractivity contribution in [3.63, 3.8) is 0 Å². The van der Waals surface area contributed by atoms with Gasteiger partial charge in [-0.1, -0.05) is 12.1 Å². The first-order chi connectivity index (χ1) is 11.1. The predicted molar refractivity (Wildman–Crippen MR) is 85.7 cm³/mol. The lowest BCUT2D eigenvalue weighted by Gasteiger charge is -2.17. The molecule has 0 fully saturated rings. The van der Waals surface area contributed by atoms with Crippen molar-refractivity contribution < 1.29 is 18.3 Å². The van der Waals surface area contributed by atoms with Crippen LogP contribution in [0.2, 0.25) is 0 Å². The van der Waals surface area contributed by atoms with Crippen LogP contribution >= 0.6 is 0 Å². The molecule has 1 amide bonds. The van der Waals surface area contributed by atoms with Gasteiger partial charge in [0.1, 0.15) is 11.6 Å². The van der Waals surface area contributed by atoms with Crippen LogP contribution in [0.5, 0.6) is 0 Å². The molecule has 1 heterocycles. The standard InChI is InChI=1S/C18H22FNO3/c1-13(2)22-11-9-20-18(21)17(12-16-4-3-10-23-16)14-5-7-15(19)8-6-14/h3-8,10,13,17H,9,11-12H2,1-2H3,(H,20,21). The molecule has 2 rings (SSSR count). The monoisotopic (exact) mass is 319 g/mol. The van der Waals surface area contributed by atoms with Crippen molar-refractivity contribution in [2.75, 3.05) is 13.2 Å². The van der Waals surface area contributed by atoms with Gasteiger partial charge in [0.15, 0.2) is 0 Å². The Morgan fingerprint density at radius 1 is 1.26 bits per heavy atom. The molecule has 0 radical (unpaired) electrons. The van der Waals surface area contributed by atoms with Crippen molar-refractivity contribution in [2.45, 2.75) is 32.3 Å². The van der Waals surface area contributed by atoms with E-state index in [4.69, 9.17) is 9.15 Å². The van der Waals surface area contributed by atoms with Crippen molar-refractivity contribution in [2.24, 2.45) is 0 Å². The number of rotatable bonds is 8. The minimum atomic E-state index is -0.430. The van der Waals surface area contributed by atoms with Crippen LogP contribution < -0.4 is 5.32 Å². The molecule has 0 saturated carbocycles. The van der Waals surface area contributed by atoms with E-state index in [1.165, 1.54) is 12.1 Å². The van der Waals surface area contributed by atoms with Crippen molar-refractivity contribution in [1.82, 2.24) is 5.32 Å². The minimum absolute atomic E-state index is 0.125. The van der Waals surface area contributed by atoms with Crippen molar-refractivity contribution in [3.05, 3.63) is 59.8 Å². The van der Waals surface area contributed by atoms with Gasteiger partial charge in [0.05, 0.1) is 24.9 Å². The summed E-state index contributed by atoms with van der Waals surface area (Å²) in [5.41, 5.74) is 0.755. The number of nitrogens with one attached hydrogen (secondary N) is 1. The van der Waals surface area contributed by atoms with Crippen LogP contribution in [-0.2, 0) is 16.0 Å². The smallest absolute Gasteiger partial charge is 0.228 e. The van der Waals surface area contributed by atoms with Crippen molar-refractivity contribution >= 4 is 5.91 Å². The molecule has 1 aromatic carbocycles. The third kappa shape index (κ3) is 5.53. The second-order valence-corrected chi connectivity index (χ2v) is 5.60. The second kappa shape index (κ2) is 8.48. The molecule has 0 spiro atoms. The number of ether oxygens (including phenoxy) is 1. The fraction of sp³-hybridized carbons (Fsp3) is 0.389. The minimum Gasteiger partial charge on any atom is -0.469 e. The molecule has 4 nitrogen and oxygen atoms in total. The molecule has 124 valence electrons. The maximum absolute atomic E-state index is 13.1. The number of amides is 1. The largest absolute Gasteiger partial charge is 0.469 e. The summed E-state index contributed by atoms with van der Waals surface area (Å²) in [5, 5.41) is 2.86. The first kappa shape index (κ1) is 17.2. The van der Waals surface area contributed by atoms with Crippen LogP contribution in [0.15, 0.2) is 47.1 Å². The molecule has 5 heteroatoms. The van der Waals surface area contributed by atoms with Gasteiger partial charge in [0.25, 0.3) is 0 Å². The average molecular weight is 319 g/mol. The summed E-state index contributed by atoms with van der Waals surface area (Å²) in [6.45, 7) is 4.78.